The maximum absolute atomic E-state index is 14.6. The van der Waals surface area contributed by atoms with Crippen LogP contribution in [-0.4, -0.2) is 45.4 Å². The van der Waals surface area contributed by atoms with Gasteiger partial charge in [-0.3, -0.25) is 4.90 Å². The van der Waals surface area contributed by atoms with Gasteiger partial charge in [0.05, 0.1) is 14.2 Å². The highest BCUT2D eigenvalue weighted by molar-refractivity contribution is 7.22. The molecule has 1 aromatic heterocycles. The molecule has 6 heteroatoms. The minimum Gasteiger partial charge on any atom is -0.497 e. The molecule has 5 rings (SSSR count). The van der Waals surface area contributed by atoms with Gasteiger partial charge in [0.1, 0.15) is 18.1 Å². The summed E-state index contributed by atoms with van der Waals surface area (Å²) in [6, 6.07) is 19.7. The normalized spacial score (nSPS) is 14.2. The largest absolute Gasteiger partial charge is 0.497 e. The fourth-order valence-corrected chi connectivity index (χ4v) is 6.10. The molecule has 36 heavy (non-hydrogen) atoms. The maximum Gasteiger partial charge on any atom is 0.165 e. The fourth-order valence-electron chi connectivity index (χ4n) is 4.86. The van der Waals surface area contributed by atoms with E-state index in [1.54, 1.807) is 30.6 Å². The molecule has 0 saturated carbocycles. The third kappa shape index (κ3) is 5.50. The summed E-state index contributed by atoms with van der Waals surface area (Å²) >= 11 is 1.66. The molecule has 1 aliphatic rings. The second-order valence-electron chi connectivity index (χ2n) is 9.19. The van der Waals surface area contributed by atoms with Crippen molar-refractivity contribution in [3.8, 4) is 27.7 Å². The molecule has 188 valence electrons. The topological polar surface area (TPSA) is 30.9 Å². The Kier molecular flexibility index (Phi) is 7.73. The molecule has 0 bridgehead atoms. The first-order valence-corrected chi connectivity index (χ1v) is 13.3. The minimum absolute atomic E-state index is 0.249. The average molecular weight is 506 g/mol. The van der Waals surface area contributed by atoms with Crippen LogP contribution >= 0.6 is 11.3 Å². The Morgan fingerprint density at radius 1 is 0.861 bits per heavy atom. The van der Waals surface area contributed by atoms with Crippen LogP contribution in [0.5, 0.6) is 17.2 Å². The van der Waals surface area contributed by atoms with Crippen molar-refractivity contribution in [2.75, 3.05) is 40.5 Å². The number of hydrogen-bond acceptors (Lipinski definition) is 5. The number of thiophene rings is 1. The van der Waals surface area contributed by atoms with Crippen LogP contribution in [0.15, 0.2) is 60.7 Å². The van der Waals surface area contributed by atoms with Crippen molar-refractivity contribution in [2.24, 2.45) is 0 Å². The number of rotatable bonds is 9. The van der Waals surface area contributed by atoms with E-state index >= 15 is 0 Å². The molecule has 0 amide bonds. The Morgan fingerprint density at radius 2 is 1.64 bits per heavy atom. The molecule has 4 aromatic rings. The number of fused-ring (bicyclic) bond motifs is 1. The molecule has 1 saturated heterocycles. The van der Waals surface area contributed by atoms with Crippen LogP contribution in [0.2, 0.25) is 0 Å². The lowest BCUT2D eigenvalue weighted by Gasteiger charge is -2.26. The molecule has 1 fully saturated rings. The number of benzene rings is 3. The van der Waals surface area contributed by atoms with Gasteiger partial charge in [-0.15, -0.1) is 11.3 Å². The van der Waals surface area contributed by atoms with Crippen molar-refractivity contribution in [1.82, 2.24) is 4.90 Å². The van der Waals surface area contributed by atoms with Crippen molar-refractivity contribution < 1.29 is 18.6 Å². The van der Waals surface area contributed by atoms with Gasteiger partial charge in [0.2, 0.25) is 0 Å². The summed E-state index contributed by atoms with van der Waals surface area (Å²) in [5.41, 5.74) is 3.21. The molecule has 0 unspecified atom stereocenters. The van der Waals surface area contributed by atoms with E-state index in [0.717, 1.165) is 45.0 Å². The van der Waals surface area contributed by atoms with Crippen LogP contribution in [0.4, 0.5) is 4.39 Å². The summed E-state index contributed by atoms with van der Waals surface area (Å²) in [5.74, 6) is 1.60. The summed E-state index contributed by atoms with van der Waals surface area (Å²) in [6.45, 7) is 4.06. The second kappa shape index (κ2) is 11.3. The summed E-state index contributed by atoms with van der Waals surface area (Å²) in [4.78, 5) is 3.54. The van der Waals surface area contributed by atoms with Crippen molar-refractivity contribution in [3.05, 3.63) is 77.6 Å². The van der Waals surface area contributed by atoms with Gasteiger partial charge in [-0.05, 0) is 103 Å². The van der Waals surface area contributed by atoms with Crippen molar-refractivity contribution in [2.45, 2.75) is 25.7 Å². The van der Waals surface area contributed by atoms with E-state index in [-0.39, 0.29) is 11.6 Å². The highest BCUT2D eigenvalue weighted by Crippen LogP contribution is 2.42. The molecule has 4 nitrogen and oxygen atoms in total. The first-order chi connectivity index (χ1) is 17.6. The van der Waals surface area contributed by atoms with E-state index in [1.165, 1.54) is 50.6 Å². The SMILES string of the molecule is COc1ccc2c(Cc3ccc(OCCN4CCCCC4)cc3)c(-c3ccc(OC)c(F)c3)sc2c1. The van der Waals surface area contributed by atoms with Crippen LogP contribution in [0.25, 0.3) is 20.5 Å². The van der Waals surface area contributed by atoms with Crippen LogP contribution in [-0.2, 0) is 6.42 Å². The standard InChI is InChI=1S/C30H32FNO3S/c1-33-24-11-12-25-26(30(36-29(25)20-24)22-8-13-28(34-2)27(31)19-22)18-21-6-9-23(10-7-21)35-17-16-32-14-4-3-5-15-32/h6-13,19-20H,3-5,14-18H2,1-2H3. The van der Waals surface area contributed by atoms with E-state index in [1.807, 2.05) is 18.2 Å². The highest BCUT2D eigenvalue weighted by atomic mass is 32.1. The predicted molar refractivity (Wildman–Crippen MR) is 145 cm³/mol. The Balaban J connectivity index is 1.37. The lowest BCUT2D eigenvalue weighted by molar-refractivity contribution is 0.183. The molecule has 3 aromatic carbocycles. The zero-order chi connectivity index (χ0) is 24.9. The van der Waals surface area contributed by atoms with Crippen molar-refractivity contribution in [1.29, 1.82) is 0 Å². The van der Waals surface area contributed by atoms with Crippen LogP contribution < -0.4 is 14.2 Å². The molecular formula is C30H32FNO3S. The predicted octanol–water partition coefficient (Wildman–Crippen LogP) is 7.18. The summed E-state index contributed by atoms with van der Waals surface area (Å²) in [6.07, 6.45) is 4.68. The van der Waals surface area contributed by atoms with Gasteiger partial charge in [-0.25, -0.2) is 4.39 Å². The van der Waals surface area contributed by atoms with E-state index in [2.05, 4.69) is 35.2 Å². The average Bonchev–Trinajstić information content (AvgIpc) is 3.27. The van der Waals surface area contributed by atoms with Crippen molar-refractivity contribution in [3.63, 3.8) is 0 Å². The summed E-state index contributed by atoms with van der Waals surface area (Å²) < 4.78 is 32.3. The van der Waals surface area contributed by atoms with Gasteiger partial charge in [0, 0.05) is 16.1 Å². The third-order valence-corrected chi connectivity index (χ3v) is 8.09. The Hall–Kier alpha value is -3.09. The summed E-state index contributed by atoms with van der Waals surface area (Å²) in [5, 5.41) is 1.16. The number of likely N-dealkylation sites (tertiary alicyclic amines) is 1. The van der Waals surface area contributed by atoms with Gasteiger partial charge >= 0.3 is 0 Å². The van der Waals surface area contributed by atoms with Gasteiger partial charge in [-0.1, -0.05) is 18.6 Å². The fraction of sp³-hybridized carbons (Fsp3) is 0.333. The lowest BCUT2D eigenvalue weighted by atomic mass is 9.98. The Bertz CT molecular complexity index is 1310. The number of piperidine rings is 1. The Labute approximate surface area is 216 Å². The molecule has 0 atom stereocenters. The first-order valence-electron chi connectivity index (χ1n) is 12.5. The van der Waals surface area contributed by atoms with Crippen molar-refractivity contribution >= 4 is 21.4 Å². The summed E-state index contributed by atoms with van der Waals surface area (Å²) in [7, 11) is 3.15. The smallest absolute Gasteiger partial charge is 0.165 e. The van der Waals surface area contributed by atoms with E-state index in [4.69, 9.17) is 14.2 Å². The van der Waals surface area contributed by atoms with Gasteiger partial charge in [0.15, 0.2) is 11.6 Å². The zero-order valence-corrected chi connectivity index (χ0v) is 21.7. The molecule has 1 aliphatic heterocycles. The molecule has 0 spiro atoms. The maximum atomic E-state index is 14.6. The number of hydrogen-bond donors (Lipinski definition) is 0. The van der Waals surface area contributed by atoms with E-state index in [9.17, 15) is 4.39 Å². The van der Waals surface area contributed by atoms with Crippen LogP contribution in [0.1, 0.15) is 30.4 Å². The van der Waals surface area contributed by atoms with Gasteiger partial charge < -0.3 is 14.2 Å². The molecule has 0 aliphatic carbocycles. The van der Waals surface area contributed by atoms with E-state index in [0.29, 0.717) is 6.61 Å². The van der Waals surface area contributed by atoms with Gasteiger partial charge in [-0.2, -0.15) is 0 Å². The second-order valence-corrected chi connectivity index (χ2v) is 10.2. The molecule has 0 radical (unpaired) electrons. The monoisotopic (exact) mass is 505 g/mol. The zero-order valence-electron chi connectivity index (χ0n) is 20.9. The molecule has 0 N–H and O–H groups in total. The quantitative estimate of drug-likeness (QED) is 0.241. The Morgan fingerprint density at radius 3 is 2.36 bits per heavy atom. The van der Waals surface area contributed by atoms with Crippen LogP contribution in [0.3, 0.4) is 0 Å². The first kappa shape index (κ1) is 24.6. The number of ether oxygens (including phenoxy) is 3. The minimum atomic E-state index is -0.359. The molecular weight excluding hydrogens is 473 g/mol. The number of halogens is 1. The van der Waals surface area contributed by atoms with Gasteiger partial charge in [0.25, 0.3) is 0 Å². The highest BCUT2D eigenvalue weighted by Gasteiger charge is 2.17. The molecule has 2 heterocycles. The van der Waals surface area contributed by atoms with E-state index < -0.39 is 0 Å². The number of nitrogens with zero attached hydrogens (tertiary/aromatic N) is 1. The number of methoxy groups -OCH3 is 2. The third-order valence-electron chi connectivity index (χ3n) is 6.84. The van der Waals surface area contributed by atoms with Crippen LogP contribution in [0, 0.1) is 5.82 Å². The lowest BCUT2D eigenvalue weighted by Crippen LogP contribution is -2.33.